The van der Waals surface area contributed by atoms with Crippen molar-refractivity contribution >= 4 is 23.5 Å². The van der Waals surface area contributed by atoms with E-state index in [4.69, 9.17) is 0 Å². The van der Waals surface area contributed by atoms with Crippen LogP contribution < -0.4 is 0 Å². The minimum atomic E-state index is 0.165. The molecule has 0 saturated carbocycles. The first-order valence-electron chi connectivity index (χ1n) is 7.96. The molecule has 2 aromatic rings. The molecule has 0 aliphatic carbocycles. The zero-order valence-electron chi connectivity index (χ0n) is 14.3. The van der Waals surface area contributed by atoms with Gasteiger partial charge < -0.3 is 4.57 Å². The topological polar surface area (TPSA) is 4.93 Å². The predicted octanol–water partition coefficient (Wildman–Crippen LogP) is 5.56. The third-order valence-electron chi connectivity index (χ3n) is 4.52. The third kappa shape index (κ3) is 3.15. The fourth-order valence-corrected chi connectivity index (χ4v) is 3.59. The van der Waals surface area contributed by atoms with Crippen LogP contribution in [-0.2, 0) is 17.4 Å². The van der Waals surface area contributed by atoms with Gasteiger partial charge in [-0.1, -0.05) is 46.8 Å². The fraction of sp³-hybridized carbons (Fsp3) is 0.579. The Bertz CT molecular complexity index is 629. The summed E-state index contributed by atoms with van der Waals surface area (Å²) in [7, 11) is 0. The molecule has 0 aliphatic heterocycles. The summed E-state index contributed by atoms with van der Waals surface area (Å²) in [5.41, 5.74) is 4.56. The van der Waals surface area contributed by atoms with Crippen LogP contribution in [0.3, 0.4) is 0 Å². The van der Waals surface area contributed by atoms with Crippen LogP contribution in [0.15, 0.2) is 24.3 Å². The Morgan fingerprint density at radius 2 is 1.71 bits per heavy atom. The summed E-state index contributed by atoms with van der Waals surface area (Å²) >= 11 is 4.44. The van der Waals surface area contributed by atoms with Crippen molar-refractivity contribution in [2.24, 2.45) is 0 Å². The first-order valence-corrected chi connectivity index (χ1v) is 8.59. The number of rotatable bonds is 4. The van der Waals surface area contributed by atoms with Gasteiger partial charge in [0.15, 0.2) is 0 Å². The molecule has 1 heterocycles. The monoisotopic (exact) mass is 303 g/mol. The Hall–Kier alpha value is -0.890. The Kier molecular flexibility index (Phi) is 4.49. The van der Waals surface area contributed by atoms with Crippen LogP contribution >= 0.6 is 12.6 Å². The van der Waals surface area contributed by atoms with Crippen molar-refractivity contribution in [1.29, 1.82) is 0 Å². The van der Waals surface area contributed by atoms with Crippen molar-refractivity contribution in [3.63, 3.8) is 0 Å². The van der Waals surface area contributed by atoms with Gasteiger partial charge in [-0.25, -0.2) is 0 Å². The Morgan fingerprint density at radius 3 is 2.24 bits per heavy atom. The summed E-state index contributed by atoms with van der Waals surface area (Å²) in [4.78, 5) is 0. The molecule has 2 heteroatoms. The Labute approximate surface area is 135 Å². The van der Waals surface area contributed by atoms with Gasteiger partial charge in [0.2, 0.25) is 0 Å². The number of hydrogen-bond acceptors (Lipinski definition) is 1. The molecule has 1 nitrogen and oxygen atoms in total. The summed E-state index contributed by atoms with van der Waals surface area (Å²) in [6, 6.07) is 9.30. The zero-order valence-corrected chi connectivity index (χ0v) is 15.2. The number of benzene rings is 1. The second kappa shape index (κ2) is 5.72. The van der Waals surface area contributed by atoms with E-state index in [2.05, 4.69) is 83.0 Å². The maximum absolute atomic E-state index is 4.44. The van der Waals surface area contributed by atoms with Crippen molar-refractivity contribution in [2.75, 3.05) is 5.75 Å². The lowest BCUT2D eigenvalue weighted by atomic mass is 9.86. The second-order valence-electron chi connectivity index (χ2n) is 7.65. The molecule has 0 spiro atoms. The lowest BCUT2D eigenvalue weighted by molar-refractivity contribution is 0.470. The Morgan fingerprint density at radius 1 is 1.05 bits per heavy atom. The summed E-state index contributed by atoms with van der Waals surface area (Å²) in [5, 5.41) is 1.35. The maximum atomic E-state index is 4.44. The highest BCUT2D eigenvalue weighted by Gasteiger charge is 2.25. The molecule has 1 aromatic carbocycles. The molecule has 0 N–H and O–H groups in total. The van der Waals surface area contributed by atoms with Gasteiger partial charge in [-0.05, 0) is 47.6 Å². The van der Waals surface area contributed by atoms with Crippen LogP contribution in [0.25, 0.3) is 10.9 Å². The number of nitrogens with zero attached hydrogens (tertiary/aromatic N) is 1. The number of fused-ring (bicyclic) bond motifs is 1. The van der Waals surface area contributed by atoms with E-state index < -0.39 is 0 Å². The molecule has 0 aliphatic rings. The predicted molar refractivity (Wildman–Crippen MR) is 97.8 cm³/mol. The first-order chi connectivity index (χ1) is 9.70. The van der Waals surface area contributed by atoms with E-state index in [1.165, 1.54) is 22.2 Å². The van der Waals surface area contributed by atoms with Crippen molar-refractivity contribution in [3.8, 4) is 0 Å². The summed E-state index contributed by atoms with van der Waals surface area (Å²) in [6.07, 6.45) is 1.10. The molecule has 0 unspecified atom stereocenters. The standard InChI is InChI=1S/C19H29NS/c1-7-20-16-13-15(18(2,3)4)9-8-14(16)12-17(20)19(5,6)10-11-21/h8-9,12-13,21H,7,10-11H2,1-6H3. The van der Waals surface area contributed by atoms with E-state index in [0.717, 1.165) is 18.7 Å². The van der Waals surface area contributed by atoms with Crippen LogP contribution in [0.5, 0.6) is 0 Å². The average molecular weight is 304 g/mol. The highest BCUT2D eigenvalue weighted by atomic mass is 32.1. The van der Waals surface area contributed by atoms with E-state index in [-0.39, 0.29) is 10.8 Å². The van der Waals surface area contributed by atoms with Gasteiger partial charge in [0, 0.05) is 23.2 Å². The zero-order chi connectivity index (χ0) is 15.8. The molecule has 1 aromatic heterocycles. The lowest BCUT2D eigenvalue weighted by Gasteiger charge is -2.26. The second-order valence-corrected chi connectivity index (χ2v) is 8.10. The molecule has 116 valence electrons. The normalized spacial score (nSPS) is 13.1. The average Bonchev–Trinajstić information content (AvgIpc) is 2.75. The molecule has 0 fully saturated rings. The van der Waals surface area contributed by atoms with E-state index in [0.29, 0.717) is 0 Å². The van der Waals surface area contributed by atoms with Crippen LogP contribution in [-0.4, -0.2) is 10.3 Å². The minimum absolute atomic E-state index is 0.165. The van der Waals surface area contributed by atoms with Gasteiger partial charge in [-0.3, -0.25) is 0 Å². The molecule has 0 bridgehead atoms. The van der Waals surface area contributed by atoms with Crippen molar-refractivity contribution in [3.05, 3.63) is 35.5 Å². The van der Waals surface area contributed by atoms with Gasteiger partial charge in [-0.2, -0.15) is 12.6 Å². The molecule has 21 heavy (non-hydrogen) atoms. The smallest absolute Gasteiger partial charge is 0.0485 e. The largest absolute Gasteiger partial charge is 0.344 e. The number of thiol groups is 1. The highest BCUT2D eigenvalue weighted by molar-refractivity contribution is 7.80. The number of aromatic nitrogens is 1. The summed E-state index contributed by atoms with van der Waals surface area (Å²) in [6.45, 7) is 14.7. The summed E-state index contributed by atoms with van der Waals surface area (Å²) < 4.78 is 2.48. The molecule has 2 rings (SSSR count). The minimum Gasteiger partial charge on any atom is -0.344 e. The third-order valence-corrected chi connectivity index (χ3v) is 4.74. The molecule has 0 radical (unpaired) electrons. The quantitative estimate of drug-likeness (QED) is 0.706. The van der Waals surface area contributed by atoms with Crippen LogP contribution in [0.4, 0.5) is 0 Å². The van der Waals surface area contributed by atoms with E-state index in [9.17, 15) is 0 Å². The van der Waals surface area contributed by atoms with Crippen molar-refractivity contribution in [2.45, 2.75) is 65.3 Å². The van der Waals surface area contributed by atoms with E-state index in [1.807, 2.05) is 0 Å². The molecule has 0 atom stereocenters. The van der Waals surface area contributed by atoms with E-state index >= 15 is 0 Å². The molecular weight excluding hydrogens is 274 g/mol. The fourth-order valence-electron chi connectivity index (χ4n) is 3.03. The number of hydrogen-bond donors (Lipinski definition) is 1. The van der Waals surface area contributed by atoms with E-state index in [1.54, 1.807) is 0 Å². The van der Waals surface area contributed by atoms with Crippen LogP contribution in [0.2, 0.25) is 0 Å². The highest BCUT2D eigenvalue weighted by Crippen LogP contribution is 2.34. The van der Waals surface area contributed by atoms with Crippen molar-refractivity contribution in [1.82, 2.24) is 4.57 Å². The van der Waals surface area contributed by atoms with Crippen LogP contribution in [0, 0.1) is 0 Å². The first kappa shape index (κ1) is 16.5. The Balaban J connectivity index is 2.65. The summed E-state index contributed by atoms with van der Waals surface area (Å²) in [5.74, 6) is 0.922. The van der Waals surface area contributed by atoms with Gasteiger partial charge in [-0.15, -0.1) is 0 Å². The molecule has 0 saturated heterocycles. The van der Waals surface area contributed by atoms with Gasteiger partial charge in [0.05, 0.1) is 0 Å². The van der Waals surface area contributed by atoms with Gasteiger partial charge in [0.1, 0.15) is 0 Å². The van der Waals surface area contributed by atoms with Gasteiger partial charge in [0.25, 0.3) is 0 Å². The number of aryl methyl sites for hydroxylation is 1. The van der Waals surface area contributed by atoms with Crippen LogP contribution in [0.1, 0.15) is 59.2 Å². The van der Waals surface area contributed by atoms with Crippen molar-refractivity contribution < 1.29 is 0 Å². The molecular formula is C19H29NS. The SMILES string of the molecule is CCn1c(C(C)(C)CCS)cc2ccc(C(C)(C)C)cc21. The maximum Gasteiger partial charge on any atom is 0.0485 e. The molecule has 0 amide bonds. The van der Waals surface area contributed by atoms with Gasteiger partial charge >= 0.3 is 0 Å². The lowest BCUT2D eigenvalue weighted by Crippen LogP contribution is -2.22.